The third-order valence-corrected chi connectivity index (χ3v) is 4.62. The summed E-state index contributed by atoms with van der Waals surface area (Å²) in [5, 5.41) is 2.92. The van der Waals surface area contributed by atoms with E-state index in [-0.39, 0.29) is 24.0 Å². The van der Waals surface area contributed by atoms with Crippen molar-refractivity contribution < 1.29 is 27.5 Å². The second-order valence-corrected chi connectivity index (χ2v) is 6.73. The molecule has 154 valence electrons. The van der Waals surface area contributed by atoms with E-state index in [1.54, 1.807) is 24.3 Å². The molecule has 1 saturated heterocycles. The minimum absolute atomic E-state index is 0.0851. The van der Waals surface area contributed by atoms with Crippen LogP contribution in [0.4, 0.5) is 29.3 Å². The molecule has 0 aromatic heterocycles. The summed E-state index contributed by atoms with van der Waals surface area (Å²) in [7, 11) is 1.28. The van der Waals surface area contributed by atoms with Gasteiger partial charge in [-0.25, -0.2) is 4.79 Å². The fraction of sp³-hybridized carbons (Fsp3) is 0.263. The van der Waals surface area contributed by atoms with E-state index >= 15 is 0 Å². The van der Waals surface area contributed by atoms with Crippen LogP contribution in [0.1, 0.15) is 5.56 Å². The Balaban J connectivity index is 1.68. The van der Waals surface area contributed by atoms with Crippen LogP contribution in [0.5, 0.6) is 5.75 Å². The van der Waals surface area contributed by atoms with Crippen molar-refractivity contribution in [2.24, 2.45) is 0 Å². The van der Waals surface area contributed by atoms with Crippen molar-refractivity contribution >= 4 is 34.9 Å². The molecule has 1 N–H and O–H groups in total. The Morgan fingerprint density at radius 1 is 1.17 bits per heavy atom. The third kappa shape index (κ3) is 4.73. The molecule has 0 atom stereocenters. The van der Waals surface area contributed by atoms with E-state index in [9.17, 15) is 22.8 Å². The zero-order chi connectivity index (χ0) is 21.2. The van der Waals surface area contributed by atoms with Gasteiger partial charge in [0.1, 0.15) is 12.3 Å². The van der Waals surface area contributed by atoms with Gasteiger partial charge in [-0.05, 0) is 42.5 Å². The highest BCUT2D eigenvalue weighted by atomic mass is 35.5. The molecule has 0 radical (unpaired) electrons. The topological polar surface area (TPSA) is 61.9 Å². The molecule has 1 aliphatic heterocycles. The van der Waals surface area contributed by atoms with Crippen LogP contribution < -0.4 is 15.0 Å². The molecule has 1 heterocycles. The van der Waals surface area contributed by atoms with Gasteiger partial charge in [-0.2, -0.15) is 13.2 Å². The maximum absolute atomic E-state index is 12.9. The monoisotopic (exact) mass is 427 g/mol. The van der Waals surface area contributed by atoms with Gasteiger partial charge in [-0.3, -0.25) is 9.69 Å². The molecule has 2 aromatic rings. The standard InChI is InChI=1S/C19H17ClF3N3O3/c1-29-16-7-2-12(19(21,22)23)10-15(16)24-17(27)11-25-8-9-26(18(25)28)14-5-3-13(20)4-6-14/h2-7,10H,8-9,11H2,1H3,(H,24,27). The quantitative estimate of drug-likeness (QED) is 0.776. The lowest BCUT2D eigenvalue weighted by molar-refractivity contribution is -0.137. The maximum Gasteiger partial charge on any atom is 0.416 e. The first-order valence-corrected chi connectivity index (χ1v) is 8.94. The van der Waals surface area contributed by atoms with Crippen LogP contribution in [0.2, 0.25) is 5.02 Å². The van der Waals surface area contributed by atoms with Gasteiger partial charge in [-0.15, -0.1) is 0 Å². The summed E-state index contributed by atoms with van der Waals surface area (Å²) >= 11 is 5.85. The van der Waals surface area contributed by atoms with Crippen molar-refractivity contribution in [1.82, 2.24) is 4.90 Å². The van der Waals surface area contributed by atoms with Gasteiger partial charge in [0.15, 0.2) is 0 Å². The number of hydrogen-bond acceptors (Lipinski definition) is 3. The summed E-state index contributed by atoms with van der Waals surface area (Å²) in [6, 6.07) is 9.10. The summed E-state index contributed by atoms with van der Waals surface area (Å²) in [5.41, 5.74) is -0.393. The van der Waals surface area contributed by atoms with Crippen molar-refractivity contribution in [3.63, 3.8) is 0 Å². The molecule has 3 rings (SSSR count). The van der Waals surface area contributed by atoms with Gasteiger partial charge in [0.25, 0.3) is 0 Å². The van der Waals surface area contributed by atoms with Crippen molar-refractivity contribution in [3.8, 4) is 5.75 Å². The number of nitrogens with one attached hydrogen (secondary N) is 1. The zero-order valence-electron chi connectivity index (χ0n) is 15.3. The number of carbonyl (C=O) groups is 2. The Morgan fingerprint density at radius 2 is 1.86 bits per heavy atom. The molecule has 2 aromatic carbocycles. The van der Waals surface area contributed by atoms with E-state index < -0.39 is 17.6 Å². The first-order chi connectivity index (χ1) is 13.7. The van der Waals surface area contributed by atoms with Gasteiger partial charge >= 0.3 is 12.2 Å². The Labute approximate surface area is 169 Å². The minimum atomic E-state index is -4.56. The minimum Gasteiger partial charge on any atom is -0.495 e. The number of anilines is 2. The van der Waals surface area contributed by atoms with Crippen molar-refractivity contribution in [2.75, 3.05) is 37.0 Å². The number of alkyl halides is 3. The molecule has 0 bridgehead atoms. The zero-order valence-corrected chi connectivity index (χ0v) is 16.0. The Hall–Kier alpha value is -2.94. The predicted molar refractivity (Wildman–Crippen MR) is 102 cm³/mol. The van der Waals surface area contributed by atoms with Gasteiger partial charge < -0.3 is 15.0 Å². The van der Waals surface area contributed by atoms with Crippen LogP contribution in [0.15, 0.2) is 42.5 Å². The highest BCUT2D eigenvalue weighted by Gasteiger charge is 2.33. The number of carbonyl (C=O) groups excluding carboxylic acids is 2. The fourth-order valence-electron chi connectivity index (χ4n) is 2.94. The second kappa shape index (κ2) is 8.20. The van der Waals surface area contributed by atoms with Gasteiger partial charge in [0.05, 0.1) is 18.4 Å². The molecule has 0 saturated carbocycles. The first kappa shape index (κ1) is 20.8. The van der Waals surface area contributed by atoms with E-state index in [0.717, 1.165) is 18.2 Å². The molecule has 0 spiro atoms. The smallest absolute Gasteiger partial charge is 0.416 e. The first-order valence-electron chi connectivity index (χ1n) is 8.56. The van der Waals surface area contributed by atoms with Gasteiger partial charge in [0.2, 0.25) is 5.91 Å². The molecule has 1 aliphatic rings. The lowest BCUT2D eigenvalue weighted by Gasteiger charge is -2.19. The number of rotatable bonds is 5. The van der Waals surface area contributed by atoms with Crippen molar-refractivity contribution in [2.45, 2.75) is 6.18 Å². The molecule has 0 unspecified atom stereocenters. The van der Waals surface area contributed by atoms with Crippen LogP contribution in [-0.2, 0) is 11.0 Å². The fourth-order valence-corrected chi connectivity index (χ4v) is 3.06. The van der Waals surface area contributed by atoms with Crippen LogP contribution in [0, 0.1) is 0 Å². The molecular formula is C19H17ClF3N3O3. The molecule has 1 fully saturated rings. The highest BCUT2D eigenvalue weighted by molar-refractivity contribution is 6.30. The molecule has 29 heavy (non-hydrogen) atoms. The van der Waals surface area contributed by atoms with Crippen molar-refractivity contribution in [1.29, 1.82) is 0 Å². The summed E-state index contributed by atoms with van der Waals surface area (Å²) in [4.78, 5) is 27.7. The van der Waals surface area contributed by atoms with Gasteiger partial charge in [0, 0.05) is 23.8 Å². The number of hydrogen-bond donors (Lipinski definition) is 1. The number of methoxy groups -OCH3 is 1. The lowest BCUT2D eigenvalue weighted by Crippen LogP contribution is -2.37. The van der Waals surface area contributed by atoms with E-state index in [1.165, 1.54) is 16.9 Å². The third-order valence-electron chi connectivity index (χ3n) is 4.37. The lowest BCUT2D eigenvalue weighted by atomic mass is 10.1. The summed E-state index contributed by atoms with van der Waals surface area (Å²) in [6.07, 6.45) is -4.56. The predicted octanol–water partition coefficient (Wildman–Crippen LogP) is 4.25. The molecular weight excluding hydrogens is 411 g/mol. The number of amides is 3. The van der Waals surface area contributed by atoms with Gasteiger partial charge in [-0.1, -0.05) is 11.6 Å². The van der Waals surface area contributed by atoms with Crippen LogP contribution in [-0.4, -0.2) is 43.6 Å². The maximum atomic E-state index is 12.9. The number of nitrogens with zero attached hydrogens (tertiary/aromatic N) is 2. The summed E-state index contributed by atoms with van der Waals surface area (Å²) in [5.74, 6) is -0.546. The number of urea groups is 1. The molecule has 3 amide bonds. The van der Waals surface area contributed by atoms with Crippen LogP contribution in [0.25, 0.3) is 0 Å². The Bertz CT molecular complexity index is 919. The highest BCUT2D eigenvalue weighted by Crippen LogP contribution is 2.35. The SMILES string of the molecule is COc1ccc(C(F)(F)F)cc1NC(=O)CN1CCN(c2ccc(Cl)cc2)C1=O. The average molecular weight is 428 g/mol. The van der Waals surface area contributed by atoms with Crippen molar-refractivity contribution in [3.05, 3.63) is 53.1 Å². The van der Waals surface area contributed by atoms with Crippen LogP contribution >= 0.6 is 11.6 Å². The summed E-state index contributed by atoms with van der Waals surface area (Å²) < 4.78 is 43.8. The Kier molecular flexibility index (Phi) is 5.88. The summed E-state index contributed by atoms with van der Waals surface area (Å²) in [6.45, 7) is 0.373. The molecule has 0 aliphatic carbocycles. The molecule has 6 nitrogen and oxygen atoms in total. The number of benzene rings is 2. The second-order valence-electron chi connectivity index (χ2n) is 6.29. The van der Waals surface area contributed by atoms with E-state index in [0.29, 0.717) is 23.8 Å². The van der Waals surface area contributed by atoms with E-state index in [1.807, 2.05) is 0 Å². The van der Waals surface area contributed by atoms with E-state index in [2.05, 4.69) is 5.32 Å². The Morgan fingerprint density at radius 3 is 2.48 bits per heavy atom. The van der Waals surface area contributed by atoms with Crippen LogP contribution in [0.3, 0.4) is 0 Å². The largest absolute Gasteiger partial charge is 0.495 e. The number of halogens is 4. The van der Waals surface area contributed by atoms with E-state index in [4.69, 9.17) is 16.3 Å². The average Bonchev–Trinajstić information content (AvgIpc) is 3.02. The molecule has 10 heteroatoms. The normalized spacial score (nSPS) is 14.3. The number of ether oxygens (including phenoxy) is 1.